The minimum Gasteiger partial charge on any atom is -0.326 e. The Bertz CT molecular complexity index is 265. The molecular weight excluding hydrogens is 192 g/mol. The van der Waals surface area contributed by atoms with Crippen molar-refractivity contribution in [2.24, 2.45) is 5.73 Å². The zero-order chi connectivity index (χ0) is 8.97. The third kappa shape index (κ3) is 2.37. The highest BCUT2D eigenvalue weighted by Gasteiger charge is 2.01. The van der Waals surface area contributed by atoms with Crippen molar-refractivity contribution in [3.05, 3.63) is 23.0 Å². The molecule has 0 aliphatic rings. The predicted octanol–water partition coefficient (Wildman–Crippen LogP) is 2.31. The molecule has 0 bridgehead atoms. The second-order valence-electron chi connectivity index (χ2n) is 2.25. The first-order valence-electron chi connectivity index (χ1n) is 3.75. The summed E-state index contributed by atoms with van der Waals surface area (Å²) in [6.07, 6.45) is 1.78. The molecule has 1 aromatic rings. The number of thioether (sulfide) groups is 1. The molecule has 0 saturated carbocycles. The second-order valence-corrected chi connectivity index (χ2v) is 3.94. The molecule has 0 spiro atoms. The van der Waals surface area contributed by atoms with Gasteiger partial charge in [-0.3, -0.25) is 0 Å². The van der Waals surface area contributed by atoms with Gasteiger partial charge >= 0.3 is 0 Å². The molecular formula is C8H11ClN2S. The number of rotatable bonds is 3. The van der Waals surface area contributed by atoms with Crippen LogP contribution in [0.15, 0.2) is 17.2 Å². The first-order chi connectivity index (χ1) is 5.77. The van der Waals surface area contributed by atoms with Gasteiger partial charge in [-0.25, -0.2) is 4.98 Å². The highest BCUT2D eigenvalue weighted by Crippen LogP contribution is 2.23. The van der Waals surface area contributed by atoms with Gasteiger partial charge < -0.3 is 5.73 Å². The van der Waals surface area contributed by atoms with Crippen LogP contribution in [-0.2, 0) is 6.54 Å². The van der Waals surface area contributed by atoms with Crippen molar-refractivity contribution < 1.29 is 0 Å². The Labute approximate surface area is 81.5 Å². The van der Waals surface area contributed by atoms with Gasteiger partial charge in [0, 0.05) is 17.6 Å². The maximum absolute atomic E-state index is 5.72. The molecule has 2 nitrogen and oxygen atoms in total. The number of nitrogens with two attached hydrogens (primary N) is 1. The summed E-state index contributed by atoms with van der Waals surface area (Å²) < 4.78 is 0. The first kappa shape index (κ1) is 9.84. The van der Waals surface area contributed by atoms with E-state index in [1.807, 2.05) is 6.07 Å². The van der Waals surface area contributed by atoms with Crippen molar-refractivity contribution >= 4 is 23.4 Å². The predicted molar refractivity (Wildman–Crippen MR) is 53.5 cm³/mol. The van der Waals surface area contributed by atoms with Crippen LogP contribution in [0.5, 0.6) is 0 Å². The van der Waals surface area contributed by atoms with E-state index in [2.05, 4.69) is 11.9 Å². The average molecular weight is 203 g/mol. The number of pyridine rings is 1. The third-order valence-electron chi connectivity index (χ3n) is 1.43. The maximum atomic E-state index is 5.72. The summed E-state index contributed by atoms with van der Waals surface area (Å²) in [6.45, 7) is 2.62. The van der Waals surface area contributed by atoms with Gasteiger partial charge in [0.25, 0.3) is 0 Å². The SMILES string of the molecule is CCSc1cnc(Cl)cc1CN. The Morgan fingerprint density at radius 1 is 1.67 bits per heavy atom. The summed E-state index contributed by atoms with van der Waals surface area (Å²) in [7, 11) is 0. The summed E-state index contributed by atoms with van der Waals surface area (Å²) in [4.78, 5) is 5.12. The fourth-order valence-electron chi connectivity index (χ4n) is 0.900. The van der Waals surface area contributed by atoms with Crippen molar-refractivity contribution in [2.75, 3.05) is 5.75 Å². The van der Waals surface area contributed by atoms with Gasteiger partial charge in [-0.2, -0.15) is 0 Å². The molecule has 4 heteroatoms. The fraction of sp³-hybridized carbons (Fsp3) is 0.375. The molecule has 2 N–H and O–H groups in total. The van der Waals surface area contributed by atoms with Crippen LogP contribution in [0.25, 0.3) is 0 Å². The van der Waals surface area contributed by atoms with Gasteiger partial charge in [-0.1, -0.05) is 18.5 Å². The van der Waals surface area contributed by atoms with E-state index < -0.39 is 0 Å². The fourth-order valence-corrected chi connectivity index (χ4v) is 1.85. The monoisotopic (exact) mass is 202 g/mol. The summed E-state index contributed by atoms with van der Waals surface area (Å²) in [5.74, 6) is 1.02. The quantitative estimate of drug-likeness (QED) is 0.604. The first-order valence-corrected chi connectivity index (χ1v) is 5.11. The second kappa shape index (κ2) is 4.70. The number of hydrogen-bond donors (Lipinski definition) is 1. The van der Waals surface area contributed by atoms with E-state index in [9.17, 15) is 0 Å². The van der Waals surface area contributed by atoms with Crippen LogP contribution in [0.1, 0.15) is 12.5 Å². The molecule has 12 heavy (non-hydrogen) atoms. The molecule has 0 fully saturated rings. The molecule has 66 valence electrons. The van der Waals surface area contributed by atoms with Crippen LogP contribution >= 0.6 is 23.4 Å². The van der Waals surface area contributed by atoms with Crippen LogP contribution in [0.4, 0.5) is 0 Å². The molecule has 0 amide bonds. The Hall–Kier alpha value is -0.250. The van der Waals surface area contributed by atoms with Crippen LogP contribution in [0, 0.1) is 0 Å². The molecule has 0 aromatic carbocycles. The molecule has 0 radical (unpaired) electrons. The van der Waals surface area contributed by atoms with E-state index >= 15 is 0 Å². The van der Waals surface area contributed by atoms with Gasteiger partial charge in [0.1, 0.15) is 5.15 Å². The van der Waals surface area contributed by atoms with E-state index in [-0.39, 0.29) is 0 Å². The lowest BCUT2D eigenvalue weighted by Gasteiger charge is -2.04. The van der Waals surface area contributed by atoms with Gasteiger partial charge in [-0.05, 0) is 17.4 Å². The smallest absolute Gasteiger partial charge is 0.129 e. The van der Waals surface area contributed by atoms with E-state index in [1.54, 1.807) is 18.0 Å². The van der Waals surface area contributed by atoms with E-state index in [1.165, 1.54) is 0 Å². The molecule has 0 unspecified atom stereocenters. The standard InChI is InChI=1S/C8H11ClN2S/c1-2-12-7-5-11-8(9)3-6(7)4-10/h3,5H,2,4,10H2,1H3. The molecule has 1 heterocycles. The zero-order valence-corrected chi connectivity index (χ0v) is 8.45. The molecule has 0 aliphatic heterocycles. The highest BCUT2D eigenvalue weighted by atomic mass is 35.5. The maximum Gasteiger partial charge on any atom is 0.129 e. The largest absolute Gasteiger partial charge is 0.326 e. The lowest BCUT2D eigenvalue weighted by atomic mass is 10.3. The van der Waals surface area contributed by atoms with E-state index in [4.69, 9.17) is 17.3 Å². The van der Waals surface area contributed by atoms with Crippen molar-refractivity contribution in [3.8, 4) is 0 Å². The topological polar surface area (TPSA) is 38.9 Å². The summed E-state index contributed by atoms with van der Waals surface area (Å²) in [5, 5.41) is 0.510. The lowest BCUT2D eigenvalue weighted by Crippen LogP contribution is -1.99. The molecule has 0 aliphatic carbocycles. The van der Waals surface area contributed by atoms with Crippen molar-refractivity contribution in [3.63, 3.8) is 0 Å². The minimum atomic E-state index is 0.510. The number of hydrogen-bond acceptors (Lipinski definition) is 3. The normalized spacial score (nSPS) is 10.2. The van der Waals surface area contributed by atoms with Crippen LogP contribution < -0.4 is 5.73 Å². The summed E-state index contributed by atoms with van der Waals surface area (Å²) >= 11 is 7.45. The number of nitrogens with zero attached hydrogens (tertiary/aromatic N) is 1. The number of halogens is 1. The summed E-state index contributed by atoms with van der Waals surface area (Å²) in [6, 6.07) is 1.82. The number of aromatic nitrogens is 1. The van der Waals surface area contributed by atoms with E-state index in [0.29, 0.717) is 11.7 Å². The minimum absolute atomic E-state index is 0.510. The molecule has 1 aromatic heterocycles. The Kier molecular flexibility index (Phi) is 3.85. The van der Waals surface area contributed by atoms with Crippen molar-refractivity contribution in [1.82, 2.24) is 4.98 Å². The Balaban J connectivity index is 2.94. The van der Waals surface area contributed by atoms with Crippen molar-refractivity contribution in [2.45, 2.75) is 18.4 Å². The molecule has 0 saturated heterocycles. The highest BCUT2D eigenvalue weighted by molar-refractivity contribution is 7.99. The molecule has 0 atom stereocenters. The zero-order valence-electron chi connectivity index (χ0n) is 6.88. The Morgan fingerprint density at radius 2 is 2.42 bits per heavy atom. The third-order valence-corrected chi connectivity index (χ3v) is 2.61. The van der Waals surface area contributed by atoms with Gasteiger partial charge in [-0.15, -0.1) is 11.8 Å². The summed E-state index contributed by atoms with van der Waals surface area (Å²) in [5.41, 5.74) is 6.62. The Morgan fingerprint density at radius 3 is 3.00 bits per heavy atom. The van der Waals surface area contributed by atoms with Crippen LogP contribution in [0.2, 0.25) is 5.15 Å². The van der Waals surface area contributed by atoms with Gasteiger partial charge in [0.2, 0.25) is 0 Å². The van der Waals surface area contributed by atoms with Crippen LogP contribution in [-0.4, -0.2) is 10.7 Å². The average Bonchev–Trinajstić information content (AvgIpc) is 2.08. The lowest BCUT2D eigenvalue weighted by molar-refractivity contribution is 1.01. The van der Waals surface area contributed by atoms with Gasteiger partial charge in [0.15, 0.2) is 0 Å². The molecule has 1 rings (SSSR count). The van der Waals surface area contributed by atoms with Gasteiger partial charge in [0.05, 0.1) is 0 Å². The van der Waals surface area contributed by atoms with Crippen molar-refractivity contribution in [1.29, 1.82) is 0 Å². The van der Waals surface area contributed by atoms with Crippen LogP contribution in [0.3, 0.4) is 0 Å². The van der Waals surface area contributed by atoms with E-state index in [0.717, 1.165) is 16.2 Å².